The standard InChI is InChI=1S/C9H12ClNOS2/c1-13-4-5-14(12)9-3-2-7(10)6-8(9)11/h2-3,6H,4-5,11H2,1H3. The second-order valence-corrected chi connectivity index (χ2v) is 5.69. The van der Waals surface area contributed by atoms with Crippen LogP contribution in [-0.4, -0.2) is 22.0 Å². The highest BCUT2D eigenvalue weighted by atomic mass is 35.5. The predicted molar refractivity (Wildman–Crippen MR) is 65.5 cm³/mol. The van der Waals surface area contributed by atoms with Crippen LogP contribution in [0.2, 0.25) is 5.02 Å². The van der Waals surface area contributed by atoms with Gasteiger partial charge < -0.3 is 5.73 Å². The summed E-state index contributed by atoms with van der Waals surface area (Å²) in [6.45, 7) is 0. The Morgan fingerprint density at radius 2 is 2.29 bits per heavy atom. The van der Waals surface area contributed by atoms with Gasteiger partial charge in [0.2, 0.25) is 0 Å². The molecule has 1 atom stereocenters. The molecule has 1 unspecified atom stereocenters. The van der Waals surface area contributed by atoms with E-state index < -0.39 is 10.8 Å². The number of halogens is 1. The van der Waals surface area contributed by atoms with E-state index in [2.05, 4.69) is 0 Å². The van der Waals surface area contributed by atoms with E-state index in [0.29, 0.717) is 21.4 Å². The number of thioether (sulfide) groups is 1. The minimum Gasteiger partial charge on any atom is -0.398 e. The second-order valence-electron chi connectivity index (χ2n) is 2.72. The summed E-state index contributed by atoms with van der Waals surface area (Å²) in [6, 6.07) is 5.08. The number of rotatable bonds is 4. The van der Waals surface area contributed by atoms with Gasteiger partial charge in [-0.05, 0) is 24.5 Å². The summed E-state index contributed by atoms with van der Waals surface area (Å²) in [4.78, 5) is 0.684. The summed E-state index contributed by atoms with van der Waals surface area (Å²) in [7, 11) is -1.01. The zero-order valence-electron chi connectivity index (χ0n) is 7.83. The zero-order valence-corrected chi connectivity index (χ0v) is 10.2. The normalized spacial score (nSPS) is 12.7. The molecule has 1 aromatic carbocycles. The second kappa shape index (κ2) is 5.63. The van der Waals surface area contributed by atoms with Crippen molar-refractivity contribution in [2.24, 2.45) is 0 Å². The molecule has 0 radical (unpaired) electrons. The fourth-order valence-electron chi connectivity index (χ4n) is 0.996. The quantitative estimate of drug-likeness (QED) is 0.834. The van der Waals surface area contributed by atoms with Crippen molar-refractivity contribution in [3.8, 4) is 0 Å². The van der Waals surface area contributed by atoms with Crippen LogP contribution in [0.15, 0.2) is 23.1 Å². The third-order valence-corrected chi connectivity index (χ3v) is 4.23. The molecule has 0 aliphatic rings. The number of nitrogen functional groups attached to an aromatic ring is 1. The third-order valence-electron chi connectivity index (χ3n) is 1.69. The first kappa shape index (κ1) is 11.9. The van der Waals surface area contributed by atoms with Gasteiger partial charge in [0.1, 0.15) is 0 Å². The molecular weight excluding hydrogens is 238 g/mol. The van der Waals surface area contributed by atoms with Crippen molar-refractivity contribution in [1.29, 1.82) is 0 Å². The Kier molecular flexibility index (Phi) is 4.78. The Hall–Kier alpha value is -0.190. The lowest BCUT2D eigenvalue weighted by molar-refractivity contribution is 0.684. The SMILES string of the molecule is CSCCS(=O)c1ccc(Cl)cc1N. The third kappa shape index (κ3) is 3.19. The molecule has 0 saturated heterocycles. The highest BCUT2D eigenvalue weighted by Crippen LogP contribution is 2.21. The van der Waals surface area contributed by atoms with Crippen LogP contribution >= 0.6 is 23.4 Å². The van der Waals surface area contributed by atoms with Gasteiger partial charge in [0.05, 0.1) is 15.7 Å². The maximum Gasteiger partial charge on any atom is 0.0618 e. The fraction of sp³-hybridized carbons (Fsp3) is 0.333. The first-order valence-electron chi connectivity index (χ1n) is 4.07. The van der Waals surface area contributed by atoms with Crippen LogP contribution in [-0.2, 0) is 10.8 Å². The molecule has 0 spiro atoms. The lowest BCUT2D eigenvalue weighted by Crippen LogP contribution is -2.03. The highest BCUT2D eigenvalue weighted by Gasteiger charge is 2.07. The van der Waals surface area contributed by atoms with Gasteiger partial charge in [-0.2, -0.15) is 11.8 Å². The smallest absolute Gasteiger partial charge is 0.0618 e. The van der Waals surface area contributed by atoms with Gasteiger partial charge in [-0.3, -0.25) is 4.21 Å². The van der Waals surface area contributed by atoms with Crippen molar-refractivity contribution >= 4 is 39.8 Å². The number of benzene rings is 1. The van der Waals surface area contributed by atoms with Crippen LogP contribution in [0.5, 0.6) is 0 Å². The number of anilines is 1. The molecule has 0 heterocycles. The van der Waals surface area contributed by atoms with Crippen molar-refractivity contribution in [2.75, 3.05) is 23.5 Å². The van der Waals surface area contributed by atoms with E-state index in [0.717, 1.165) is 5.75 Å². The van der Waals surface area contributed by atoms with Gasteiger partial charge in [-0.1, -0.05) is 11.6 Å². The maximum atomic E-state index is 11.7. The van der Waals surface area contributed by atoms with E-state index >= 15 is 0 Å². The van der Waals surface area contributed by atoms with E-state index in [1.54, 1.807) is 30.0 Å². The molecule has 1 rings (SSSR count). The van der Waals surface area contributed by atoms with Crippen LogP contribution in [0.1, 0.15) is 0 Å². The average Bonchev–Trinajstić information content (AvgIpc) is 2.14. The molecule has 5 heteroatoms. The minimum absolute atomic E-state index is 0.511. The van der Waals surface area contributed by atoms with Crippen LogP contribution < -0.4 is 5.73 Å². The summed E-state index contributed by atoms with van der Waals surface area (Å²) in [5, 5.41) is 0.577. The van der Waals surface area contributed by atoms with Gasteiger partial charge in [-0.25, -0.2) is 0 Å². The molecule has 78 valence electrons. The molecule has 14 heavy (non-hydrogen) atoms. The maximum absolute atomic E-state index is 11.7. The van der Waals surface area contributed by atoms with Crippen LogP contribution in [0.25, 0.3) is 0 Å². The Balaban J connectivity index is 2.80. The summed E-state index contributed by atoms with van der Waals surface area (Å²) >= 11 is 7.42. The van der Waals surface area contributed by atoms with Gasteiger partial charge >= 0.3 is 0 Å². The molecule has 0 aliphatic carbocycles. The van der Waals surface area contributed by atoms with Crippen molar-refractivity contribution in [3.05, 3.63) is 23.2 Å². The number of nitrogens with two attached hydrogens (primary N) is 1. The molecule has 1 aromatic rings. The first-order valence-corrected chi connectivity index (χ1v) is 7.16. The topological polar surface area (TPSA) is 43.1 Å². The molecule has 0 fully saturated rings. The Morgan fingerprint density at radius 1 is 1.57 bits per heavy atom. The molecule has 2 nitrogen and oxygen atoms in total. The van der Waals surface area contributed by atoms with Gasteiger partial charge in [0.15, 0.2) is 0 Å². The molecular formula is C9H12ClNOS2. The predicted octanol–water partition coefficient (Wildman–Crippen LogP) is 2.39. The summed E-state index contributed by atoms with van der Waals surface area (Å²) in [5.74, 6) is 1.50. The van der Waals surface area contributed by atoms with Crippen LogP contribution in [0.4, 0.5) is 5.69 Å². The van der Waals surface area contributed by atoms with Crippen LogP contribution in [0, 0.1) is 0 Å². The molecule has 2 N–H and O–H groups in total. The van der Waals surface area contributed by atoms with E-state index in [-0.39, 0.29) is 0 Å². The summed E-state index contributed by atoms with van der Waals surface area (Å²) in [5.41, 5.74) is 6.22. The highest BCUT2D eigenvalue weighted by molar-refractivity contribution is 7.99. The van der Waals surface area contributed by atoms with E-state index in [4.69, 9.17) is 17.3 Å². The van der Waals surface area contributed by atoms with E-state index in [1.165, 1.54) is 0 Å². The zero-order chi connectivity index (χ0) is 10.6. The van der Waals surface area contributed by atoms with Crippen molar-refractivity contribution in [3.63, 3.8) is 0 Å². The van der Waals surface area contributed by atoms with E-state index in [9.17, 15) is 4.21 Å². The van der Waals surface area contributed by atoms with Crippen molar-refractivity contribution < 1.29 is 4.21 Å². The monoisotopic (exact) mass is 249 g/mol. The molecule has 0 aliphatic heterocycles. The van der Waals surface area contributed by atoms with Gasteiger partial charge in [0, 0.05) is 22.2 Å². The summed E-state index contributed by atoms with van der Waals surface area (Å²) < 4.78 is 11.7. The lowest BCUT2D eigenvalue weighted by Gasteiger charge is -2.05. The fourth-order valence-corrected chi connectivity index (χ4v) is 3.21. The lowest BCUT2D eigenvalue weighted by atomic mass is 10.3. The van der Waals surface area contributed by atoms with Gasteiger partial charge in [-0.15, -0.1) is 0 Å². The Bertz CT molecular complexity index is 344. The Labute approximate surface area is 95.7 Å². The molecule has 0 saturated carbocycles. The molecule has 0 bridgehead atoms. The minimum atomic E-state index is -1.01. The van der Waals surface area contributed by atoms with E-state index in [1.807, 2.05) is 6.26 Å². The number of hydrogen-bond acceptors (Lipinski definition) is 3. The molecule has 0 amide bonds. The van der Waals surface area contributed by atoms with Crippen molar-refractivity contribution in [2.45, 2.75) is 4.90 Å². The average molecular weight is 250 g/mol. The molecule has 0 aromatic heterocycles. The van der Waals surface area contributed by atoms with Gasteiger partial charge in [0.25, 0.3) is 0 Å². The first-order chi connectivity index (χ1) is 6.65. The largest absolute Gasteiger partial charge is 0.398 e. The number of hydrogen-bond donors (Lipinski definition) is 1. The van der Waals surface area contributed by atoms with Crippen molar-refractivity contribution in [1.82, 2.24) is 0 Å². The Morgan fingerprint density at radius 3 is 2.86 bits per heavy atom. The summed E-state index contributed by atoms with van der Waals surface area (Å²) in [6.07, 6.45) is 1.99. The van der Waals surface area contributed by atoms with Crippen LogP contribution in [0.3, 0.4) is 0 Å².